The van der Waals surface area contributed by atoms with Gasteiger partial charge in [-0.3, -0.25) is 5.10 Å². The lowest BCUT2D eigenvalue weighted by Gasteiger charge is -2.58. The van der Waals surface area contributed by atoms with Crippen molar-refractivity contribution < 1.29 is 0 Å². The molecular weight excluding hydrogens is 222 g/mol. The number of aromatic amines is 1. The normalized spacial score (nSPS) is 24.6. The van der Waals surface area contributed by atoms with Gasteiger partial charge in [0.1, 0.15) is 0 Å². The molecule has 0 aliphatic heterocycles. The highest BCUT2D eigenvalue weighted by molar-refractivity contribution is 5.69. The summed E-state index contributed by atoms with van der Waals surface area (Å²) >= 11 is 0. The topological polar surface area (TPSA) is 40.7 Å². The number of hydrogen-bond donors (Lipinski definition) is 2. The van der Waals surface area contributed by atoms with Gasteiger partial charge >= 0.3 is 0 Å². The fraction of sp³-hybridized carbons (Fsp3) is 0.667. The first kappa shape index (κ1) is 11.8. The Morgan fingerprint density at radius 2 is 1.94 bits per heavy atom. The second-order valence-electron chi connectivity index (χ2n) is 7.20. The minimum Gasteiger partial charge on any atom is -0.381 e. The Balaban J connectivity index is 1.85. The SMILES string of the molecule is CC1(C)CC(C)(C)C1NC(=C1CC1)c1cn[nH]c1. The van der Waals surface area contributed by atoms with Gasteiger partial charge in [-0.25, -0.2) is 0 Å². The molecule has 2 aliphatic rings. The fourth-order valence-corrected chi connectivity index (χ4v) is 3.93. The molecule has 2 fully saturated rings. The van der Waals surface area contributed by atoms with Crippen molar-refractivity contribution in [3.63, 3.8) is 0 Å². The van der Waals surface area contributed by atoms with Crippen LogP contribution in [0, 0.1) is 10.8 Å². The largest absolute Gasteiger partial charge is 0.381 e. The van der Waals surface area contributed by atoms with E-state index in [1.807, 2.05) is 12.4 Å². The Bertz CT molecular complexity index is 460. The van der Waals surface area contributed by atoms with E-state index in [1.165, 1.54) is 30.5 Å². The Labute approximate surface area is 109 Å². The Kier molecular flexibility index (Phi) is 2.38. The molecule has 0 bridgehead atoms. The van der Waals surface area contributed by atoms with E-state index in [-0.39, 0.29) is 0 Å². The Morgan fingerprint density at radius 1 is 1.28 bits per heavy atom. The molecule has 18 heavy (non-hydrogen) atoms. The van der Waals surface area contributed by atoms with Crippen LogP contribution in [0.15, 0.2) is 18.0 Å². The summed E-state index contributed by atoms with van der Waals surface area (Å²) < 4.78 is 0. The van der Waals surface area contributed by atoms with E-state index >= 15 is 0 Å². The van der Waals surface area contributed by atoms with Gasteiger partial charge in [0, 0.05) is 23.5 Å². The van der Waals surface area contributed by atoms with E-state index in [1.54, 1.807) is 5.57 Å². The molecule has 3 nitrogen and oxygen atoms in total. The zero-order chi connectivity index (χ0) is 13.0. The van der Waals surface area contributed by atoms with Crippen molar-refractivity contribution in [2.75, 3.05) is 0 Å². The van der Waals surface area contributed by atoms with E-state index in [0.717, 1.165) is 0 Å². The molecule has 3 heteroatoms. The molecule has 0 saturated heterocycles. The molecule has 0 atom stereocenters. The van der Waals surface area contributed by atoms with Crippen LogP contribution in [-0.2, 0) is 0 Å². The summed E-state index contributed by atoms with van der Waals surface area (Å²) in [5.41, 5.74) is 4.85. The molecular formula is C15H23N3. The van der Waals surface area contributed by atoms with Gasteiger partial charge in [-0.2, -0.15) is 5.10 Å². The van der Waals surface area contributed by atoms with Crippen LogP contribution in [-0.4, -0.2) is 16.2 Å². The molecule has 0 spiro atoms. The van der Waals surface area contributed by atoms with Gasteiger partial charge in [0.15, 0.2) is 0 Å². The molecule has 2 aliphatic carbocycles. The van der Waals surface area contributed by atoms with Crippen LogP contribution >= 0.6 is 0 Å². The van der Waals surface area contributed by atoms with Crippen molar-refractivity contribution in [2.45, 2.75) is 53.0 Å². The van der Waals surface area contributed by atoms with Gasteiger partial charge in [-0.1, -0.05) is 27.7 Å². The second kappa shape index (κ2) is 3.62. The highest BCUT2D eigenvalue weighted by atomic mass is 15.1. The van der Waals surface area contributed by atoms with Gasteiger partial charge in [-0.05, 0) is 35.7 Å². The van der Waals surface area contributed by atoms with Crippen molar-refractivity contribution in [3.8, 4) is 0 Å². The molecule has 2 N–H and O–H groups in total. The van der Waals surface area contributed by atoms with Gasteiger partial charge in [0.2, 0.25) is 0 Å². The average molecular weight is 245 g/mol. The quantitative estimate of drug-likeness (QED) is 0.857. The number of nitrogens with one attached hydrogen (secondary N) is 2. The standard InChI is InChI=1S/C15H23N3/c1-14(2)9-15(3,4)13(14)18-12(10-5-6-10)11-7-16-17-8-11/h7-8,13,18H,5-6,9H2,1-4H3,(H,16,17). The molecule has 98 valence electrons. The van der Waals surface area contributed by atoms with Crippen LogP contribution in [0.2, 0.25) is 0 Å². The van der Waals surface area contributed by atoms with Crippen molar-refractivity contribution in [1.82, 2.24) is 15.5 Å². The number of rotatable bonds is 3. The predicted octanol–water partition coefficient (Wildman–Crippen LogP) is 3.33. The monoisotopic (exact) mass is 245 g/mol. The third-order valence-electron chi connectivity index (χ3n) is 4.40. The highest BCUT2D eigenvalue weighted by Crippen LogP contribution is 2.54. The van der Waals surface area contributed by atoms with Gasteiger partial charge in [-0.15, -0.1) is 0 Å². The van der Waals surface area contributed by atoms with E-state index < -0.39 is 0 Å². The number of aromatic nitrogens is 2. The lowest BCUT2D eigenvalue weighted by Crippen LogP contribution is -2.61. The summed E-state index contributed by atoms with van der Waals surface area (Å²) in [5, 5.41) is 10.8. The van der Waals surface area contributed by atoms with Crippen molar-refractivity contribution >= 4 is 5.70 Å². The maximum atomic E-state index is 4.08. The van der Waals surface area contributed by atoms with Crippen molar-refractivity contribution in [2.24, 2.45) is 10.8 Å². The molecule has 1 aromatic heterocycles. The molecule has 1 heterocycles. The molecule has 2 saturated carbocycles. The van der Waals surface area contributed by atoms with E-state index in [9.17, 15) is 0 Å². The molecule has 0 radical (unpaired) electrons. The summed E-state index contributed by atoms with van der Waals surface area (Å²) in [7, 11) is 0. The summed E-state index contributed by atoms with van der Waals surface area (Å²) in [6.07, 6.45) is 7.67. The van der Waals surface area contributed by atoms with E-state index in [0.29, 0.717) is 16.9 Å². The van der Waals surface area contributed by atoms with Crippen molar-refractivity contribution in [3.05, 3.63) is 23.5 Å². The Hall–Kier alpha value is -1.25. The lowest BCUT2D eigenvalue weighted by atomic mass is 9.52. The summed E-state index contributed by atoms with van der Waals surface area (Å²) in [6, 6.07) is 0.544. The van der Waals surface area contributed by atoms with Crippen LogP contribution in [0.4, 0.5) is 0 Å². The molecule has 0 unspecified atom stereocenters. The minimum absolute atomic E-state index is 0.383. The Morgan fingerprint density at radius 3 is 2.39 bits per heavy atom. The zero-order valence-corrected chi connectivity index (χ0v) is 11.8. The van der Waals surface area contributed by atoms with Crippen LogP contribution < -0.4 is 5.32 Å². The first-order chi connectivity index (χ1) is 8.40. The second-order valence-corrected chi connectivity index (χ2v) is 7.20. The first-order valence-electron chi connectivity index (χ1n) is 6.88. The third-order valence-corrected chi connectivity index (χ3v) is 4.40. The number of hydrogen-bond acceptors (Lipinski definition) is 2. The maximum absolute atomic E-state index is 4.08. The van der Waals surface area contributed by atoms with Crippen LogP contribution in [0.3, 0.4) is 0 Å². The zero-order valence-electron chi connectivity index (χ0n) is 11.8. The average Bonchev–Trinajstić information content (AvgIpc) is 2.91. The number of H-pyrrole nitrogens is 1. The number of nitrogens with zero attached hydrogens (tertiary/aromatic N) is 1. The van der Waals surface area contributed by atoms with E-state index in [2.05, 4.69) is 43.2 Å². The summed E-state index contributed by atoms with van der Waals surface area (Å²) in [5.74, 6) is 0. The molecule has 1 aromatic rings. The summed E-state index contributed by atoms with van der Waals surface area (Å²) in [6.45, 7) is 9.45. The van der Waals surface area contributed by atoms with Crippen LogP contribution in [0.25, 0.3) is 5.70 Å². The smallest absolute Gasteiger partial charge is 0.0580 e. The predicted molar refractivity (Wildman–Crippen MR) is 73.8 cm³/mol. The van der Waals surface area contributed by atoms with Gasteiger partial charge in [0.05, 0.1) is 6.20 Å². The van der Waals surface area contributed by atoms with E-state index in [4.69, 9.17) is 0 Å². The molecule has 0 aromatic carbocycles. The van der Waals surface area contributed by atoms with Gasteiger partial charge in [0.25, 0.3) is 0 Å². The molecule has 3 rings (SSSR count). The van der Waals surface area contributed by atoms with Crippen molar-refractivity contribution in [1.29, 1.82) is 0 Å². The molecule has 0 amide bonds. The van der Waals surface area contributed by atoms with Crippen LogP contribution in [0.1, 0.15) is 52.5 Å². The lowest BCUT2D eigenvalue weighted by molar-refractivity contribution is -0.0313. The number of allylic oxidation sites excluding steroid dienone is 1. The first-order valence-corrected chi connectivity index (χ1v) is 6.88. The highest BCUT2D eigenvalue weighted by Gasteiger charge is 2.53. The fourth-order valence-electron chi connectivity index (χ4n) is 3.93. The summed E-state index contributed by atoms with van der Waals surface area (Å²) in [4.78, 5) is 0. The minimum atomic E-state index is 0.383. The van der Waals surface area contributed by atoms with Crippen LogP contribution in [0.5, 0.6) is 0 Å². The maximum Gasteiger partial charge on any atom is 0.0580 e. The van der Waals surface area contributed by atoms with Gasteiger partial charge < -0.3 is 5.32 Å². The third kappa shape index (κ3) is 1.86.